The molecule has 2 amide bonds. The second kappa shape index (κ2) is 5.00. The van der Waals surface area contributed by atoms with Crippen LogP contribution in [0.25, 0.3) is 0 Å². The van der Waals surface area contributed by atoms with Crippen molar-refractivity contribution in [3.63, 3.8) is 0 Å². The van der Waals surface area contributed by atoms with E-state index in [1.165, 1.54) is 0 Å². The van der Waals surface area contributed by atoms with Crippen molar-refractivity contribution in [1.29, 1.82) is 5.41 Å². The third-order valence-electron chi connectivity index (χ3n) is 2.93. The molecule has 0 aliphatic carbocycles. The van der Waals surface area contributed by atoms with E-state index in [2.05, 4.69) is 0 Å². The normalized spacial score (nSPS) is 21.2. The molecule has 1 atom stereocenters. The largest absolute Gasteiger partial charge is 0.387 e. The zero-order chi connectivity index (χ0) is 11.4. The zero-order valence-electron chi connectivity index (χ0n) is 9.49. The van der Waals surface area contributed by atoms with Crippen molar-refractivity contribution < 1.29 is 4.79 Å². The van der Waals surface area contributed by atoms with Crippen molar-refractivity contribution in [3.05, 3.63) is 0 Å². The van der Waals surface area contributed by atoms with Crippen LogP contribution < -0.4 is 5.73 Å². The van der Waals surface area contributed by atoms with Crippen LogP contribution in [0.2, 0.25) is 0 Å². The molecule has 5 nitrogen and oxygen atoms in total. The first-order valence-electron chi connectivity index (χ1n) is 5.40. The lowest BCUT2D eigenvalue weighted by Crippen LogP contribution is -2.48. The molecule has 0 aromatic rings. The lowest BCUT2D eigenvalue weighted by molar-refractivity contribution is 0.147. The van der Waals surface area contributed by atoms with Crippen LogP contribution in [0.5, 0.6) is 0 Å². The minimum absolute atomic E-state index is 0.0449. The maximum atomic E-state index is 11.8. The number of piperidine rings is 1. The molecule has 15 heavy (non-hydrogen) atoms. The Morgan fingerprint density at radius 1 is 1.67 bits per heavy atom. The van der Waals surface area contributed by atoms with Crippen LogP contribution >= 0.6 is 0 Å². The molecule has 3 N–H and O–H groups in total. The van der Waals surface area contributed by atoms with E-state index in [4.69, 9.17) is 11.1 Å². The number of nitrogens with zero attached hydrogens (tertiary/aromatic N) is 2. The molecular weight excluding hydrogens is 192 g/mol. The smallest absolute Gasteiger partial charge is 0.319 e. The van der Waals surface area contributed by atoms with Crippen LogP contribution in [0, 0.1) is 11.3 Å². The van der Waals surface area contributed by atoms with Gasteiger partial charge in [-0.25, -0.2) is 4.79 Å². The summed E-state index contributed by atoms with van der Waals surface area (Å²) in [6, 6.07) is 0.0449. The Labute approximate surface area is 90.7 Å². The molecule has 0 aromatic carbocycles. The Balaban J connectivity index is 2.56. The van der Waals surface area contributed by atoms with Crippen molar-refractivity contribution in [2.24, 2.45) is 11.7 Å². The van der Waals surface area contributed by atoms with Gasteiger partial charge in [0, 0.05) is 32.6 Å². The summed E-state index contributed by atoms with van der Waals surface area (Å²) in [6.07, 6.45) is 1.86. The molecule has 0 radical (unpaired) electrons. The minimum Gasteiger partial charge on any atom is -0.387 e. The van der Waals surface area contributed by atoms with E-state index in [0.717, 1.165) is 19.4 Å². The predicted octanol–water partition coefficient (Wildman–Crippen LogP) is 0.706. The average molecular weight is 212 g/mol. The summed E-state index contributed by atoms with van der Waals surface area (Å²) in [5.41, 5.74) is 5.47. The van der Waals surface area contributed by atoms with Gasteiger partial charge in [-0.3, -0.25) is 5.41 Å². The summed E-state index contributed by atoms with van der Waals surface area (Å²) in [5.74, 6) is 0.250. The Morgan fingerprint density at radius 2 is 2.33 bits per heavy atom. The summed E-state index contributed by atoms with van der Waals surface area (Å²) in [6.45, 7) is 4.04. The summed E-state index contributed by atoms with van der Waals surface area (Å²) < 4.78 is 0. The lowest BCUT2D eigenvalue weighted by atomic mass is 9.97. The van der Waals surface area contributed by atoms with Gasteiger partial charge in [0.1, 0.15) is 0 Å². The number of hydrogen-bond acceptors (Lipinski definition) is 2. The van der Waals surface area contributed by atoms with Crippen molar-refractivity contribution in [1.82, 2.24) is 9.80 Å². The minimum atomic E-state index is 0.0449. The first-order chi connectivity index (χ1) is 7.06. The molecule has 0 aromatic heterocycles. The van der Waals surface area contributed by atoms with Gasteiger partial charge in [0.15, 0.2) is 0 Å². The Kier molecular flexibility index (Phi) is 3.94. The van der Waals surface area contributed by atoms with E-state index in [9.17, 15) is 4.79 Å². The van der Waals surface area contributed by atoms with Gasteiger partial charge >= 0.3 is 6.03 Å². The fourth-order valence-electron chi connectivity index (χ4n) is 1.78. The second-order valence-electron chi connectivity index (χ2n) is 4.04. The molecule has 0 saturated carbocycles. The number of nitrogens with one attached hydrogen (secondary N) is 1. The zero-order valence-corrected chi connectivity index (χ0v) is 9.49. The molecule has 0 bridgehead atoms. The molecule has 1 rings (SSSR count). The molecule has 1 saturated heterocycles. The van der Waals surface area contributed by atoms with Crippen LogP contribution in [0.15, 0.2) is 0 Å². The summed E-state index contributed by atoms with van der Waals surface area (Å²) in [7, 11) is 1.79. The van der Waals surface area contributed by atoms with Crippen LogP contribution in [-0.2, 0) is 0 Å². The predicted molar refractivity (Wildman–Crippen MR) is 59.9 cm³/mol. The Morgan fingerprint density at radius 3 is 2.87 bits per heavy atom. The molecule has 0 spiro atoms. The van der Waals surface area contributed by atoms with Crippen molar-refractivity contribution >= 4 is 11.9 Å². The van der Waals surface area contributed by atoms with Gasteiger partial charge in [0.2, 0.25) is 0 Å². The van der Waals surface area contributed by atoms with E-state index in [0.29, 0.717) is 13.1 Å². The van der Waals surface area contributed by atoms with Gasteiger partial charge in [0.25, 0.3) is 0 Å². The molecule has 1 fully saturated rings. The highest BCUT2D eigenvalue weighted by atomic mass is 16.2. The van der Waals surface area contributed by atoms with Gasteiger partial charge in [-0.15, -0.1) is 0 Å². The third kappa shape index (κ3) is 2.84. The van der Waals surface area contributed by atoms with E-state index < -0.39 is 0 Å². The quantitative estimate of drug-likeness (QED) is 0.522. The van der Waals surface area contributed by atoms with Crippen molar-refractivity contribution in [3.8, 4) is 0 Å². The molecule has 1 aliphatic rings. The number of amidine groups is 1. The standard InChI is InChI=1S/C10H20N4O/c1-3-13(2)10(15)14-6-4-5-8(7-14)9(11)12/h8H,3-7H2,1-2H3,(H3,11,12). The lowest BCUT2D eigenvalue weighted by Gasteiger charge is -2.34. The number of likely N-dealkylation sites (tertiary alicyclic amines) is 1. The Bertz CT molecular complexity index is 254. The van der Waals surface area contributed by atoms with Gasteiger partial charge in [0.05, 0.1) is 5.84 Å². The van der Waals surface area contributed by atoms with E-state index >= 15 is 0 Å². The average Bonchev–Trinajstić information content (AvgIpc) is 2.27. The van der Waals surface area contributed by atoms with E-state index in [1.54, 1.807) is 16.8 Å². The highest BCUT2D eigenvalue weighted by Crippen LogP contribution is 2.17. The van der Waals surface area contributed by atoms with Gasteiger partial charge in [-0.2, -0.15) is 0 Å². The van der Waals surface area contributed by atoms with Gasteiger partial charge < -0.3 is 15.5 Å². The number of rotatable bonds is 2. The topological polar surface area (TPSA) is 73.4 Å². The Hall–Kier alpha value is -1.26. The molecule has 1 aliphatic heterocycles. The van der Waals surface area contributed by atoms with Crippen molar-refractivity contribution in [2.75, 3.05) is 26.7 Å². The third-order valence-corrected chi connectivity index (χ3v) is 2.93. The summed E-state index contributed by atoms with van der Waals surface area (Å²) in [5, 5.41) is 7.40. The first-order valence-corrected chi connectivity index (χ1v) is 5.40. The summed E-state index contributed by atoms with van der Waals surface area (Å²) in [4.78, 5) is 15.3. The van der Waals surface area contributed by atoms with Crippen LogP contribution in [0.1, 0.15) is 19.8 Å². The second-order valence-corrected chi connectivity index (χ2v) is 4.04. The number of amides is 2. The number of carbonyl (C=O) groups is 1. The monoisotopic (exact) mass is 212 g/mol. The molecule has 1 heterocycles. The molecule has 86 valence electrons. The number of urea groups is 1. The van der Waals surface area contributed by atoms with Crippen LogP contribution in [0.3, 0.4) is 0 Å². The van der Waals surface area contributed by atoms with Crippen molar-refractivity contribution in [2.45, 2.75) is 19.8 Å². The molecule has 5 heteroatoms. The fourth-order valence-corrected chi connectivity index (χ4v) is 1.78. The fraction of sp³-hybridized carbons (Fsp3) is 0.800. The number of hydrogen-bond donors (Lipinski definition) is 2. The number of carbonyl (C=O) groups excluding carboxylic acids is 1. The SMILES string of the molecule is CCN(C)C(=O)N1CCCC(C(=N)N)C1. The van der Waals surface area contributed by atoms with Crippen LogP contribution in [0.4, 0.5) is 4.79 Å². The first kappa shape index (κ1) is 11.8. The van der Waals surface area contributed by atoms with Crippen LogP contribution in [-0.4, -0.2) is 48.3 Å². The van der Waals surface area contributed by atoms with E-state index in [1.807, 2.05) is 6.92 Å². The maximum Gasteiger partial charge on any atom is 0.319 e. The molecule has 1 unspecified atom stereocenters. The highest BCUT2D eigenvalue weighted by Gasteiger charge is 2.26. The maximum absolute atomic E-state index is 11.8. The van der Waals surface area contributed by atoms with E-state index in [-0.39, 0.29) is 17.8 Å². The van der Waals surface area contributed by atoms with Gasteiger partial charge in [-0.05, 0) is 19.8 Å². The highest BCUT2D eigenvalue weighted by molar-refractivity contribution is 5.81. The summed E-state index contributed by atoms with van der Waals surface area (Å²) >= 11 is 0. The number of nitrogens with two attached hydrogens (primary N) is 1. The molecular formula is C10H20N4O. The van der Waals surface area contributed by atoms with Gasteiger partial charge in [-0.1, -0.05) is 0 Å².